The van der Waals surface area contributed by atoms with Crippen molar-refractivity contribution < 1.29 is 19.8 Å². The third kappa shape index (κ3) is 3.42. The van der Waals surface area contributed by atoms with Gasteiger partial charge in [0.25, 0.3) is 0 Å². The van der Waals surface area contributed by atoms with Gasteiger partial charge in [0.05, 0.1) is 5.92 Å². The molecular weight excluding hydrogens is 196 g/mol. The average Bonchev–Trinajstić information content (AvgIpc) is 2.17. The lowest BCUT2D eigenvalue weighted by molar-refractivity contribution is -0.133. The fourth-order valence-electron chi connectivity index (χ4n) is 1.07. The number of phenolic OH excluding ortho intramolecular Hbond substituents is 2. The number of hydrogen-bond donors (Lipinski definition) is 2. The second kappa shape index (κ2) is 5.14. The molecular formula is C11H12O4. The number of Topliss-reactive ketones (excluding diaryl/α,β-unsaturated/α-hetero) is 1. The molecule has 0 amide bonds. The van der Waals surface area contributed by atoms with Crippen LogP contribution in [0.15, 0.2) is 24.3 Å². The molecule has 0 saturated heterocycles. The maximum Gasteiger partial charge on any atom is 0.143 e. The van der Waals surface area contributed by atoms with E-state index in [-0.39, 0.29) is 23.2 Å². The highest BCUT2D eigenvalue weighted by molar-refractivity contribution is 5.98. The Morgan fingerprint density at radius 1 is 1.27 bits per heavy atom. The van der Waals surface area contributed by atoms with E-state index in [4.69, 9.17) is 10.2 Å². The lowest BCUT2D eigenvalue weighted by Crippen LogP contribution is -2.26. The van der Waals surface area contributed by atoms with Crippen molar-refractivity contribution in [2.45, 2.75) is 12.8 Å². The highest BCUT2D eigenvalue weighted by atomic mass is 16.3. The largest absolute Gasteiger partial charge is 0.508 e. The van der Waals surface area contributed by atoms with E-state index in [9.17, 15) is 9.59 Å². The minimum atomic E-state index is -0.236. The van der Waals surface area contributed by atoms with Crippen LogP contribution in [0.1, 0.15) is 12.8 Å². The van der Waals surface area contributed by atoms with Crippen LogP contribution in [0.3, 0.4) is 0 Å². The highest BCUT2D eigenvalue weighted by Crippen LogP contribution is 2.18. The molecule has 1 aliphatic rings. The number of carbonyl (C=O) groups excluding carboxylic acids is 2. The number of rotatable bonds is 1. The van der Waals surface area contributed by atoms with Crippen molar-refractivity contribution in [2.24, 2.45) is 5.92 Å². The Balaban J connectivity index is 0.000000151. The second-order valence-electron chi connectivity index (χ2n) is 3.27. The molecule has 0 aliphatic heterocycles. The van der Waals surface area contributed by atoms with E-state index in [1.807, 2.05) is 0 Å². The first-order chi connectivity index (χ1) is 7.13. The van der Waals surface area contributed by atoms with Gasteiger partial charge in [0, 0.05) is 12.5 Å². The molecule has 4 heteroatoms. The molecule has 80 valence electrons. The van der Waals surface area contributed by atoms with Crippen molar-refractivity contribution in [1.29, 1.82) is 0 Å². The predicted octanol–water partition coefficient (Wildman–Crippen LogP) is 1.26. The van der Waals surface area contributed by atoms with Crippen LogP contribution < -0.4 is 0 Å². The Hall–Kier alpha value is -1.84. The smallest absolute Gasteiger partial charge is 0.143 e. The summed E-state index contributed by atoms with van der Waals surface area (Å²) in [6.45, 7) is 0. The molecule has 15 heavy (non-hydrogen) atoms. The molecule has 0 heterocycles. The summed E-state index contributed by atoms with van der Waals surface area (Å²) >= 11 is 0. The van der Waals surface area contributed by atoms with Gasteiger partial charge in [-0.05, 0) is 18.6 Å². The van der Waals surface area contributed by atoms with Crippen LogP contribution in [-0.2, 0) is 9.59 Å². The molecule has 0 radical (unpaired) electrons. The van der Waals surface area contributed by atoms with Crippen molar-refractivity contribution in [3.05, 3.63) is 24.3 Å². The Bertz CT molecular complexity index is 342. The Kier molecular flexibility index (Phi) is 3.85. The van der Waals surface area contributed by atoms with Gasteiger partial charge in [-0.15, -0.1) is 0 Å². The van der Waals surface area contributed by atoms with Crippen LogP contribution >= 0.6 is 0 Å². The van der Waals surface area contributed by atoms with E-state index in [1.165, 1.54) is 18.2 Å². The topological polar surface area (TPSA) is 74.6 Å². The lowest BCUT2D eigenvalue weighted by atomic mass is 9.85. The highest BCUT2D eigenvalue weighted by Gasteiger charge is 2.26. The minimum Gasteiger partial charge on any atom is -0.508 e. The van der Waals surface area contributed by atoms with E-state index in [1.54, 1.807) is 6.07 Å². The zero-order valence-electron chi connectivity index (χ0n) is 8.09. The molecule has 1 atom stereocenters. The maximum absolute atomic E-state index is 10.2. The van der Waals surface area contributed by atoms with Crippen LogP contribution in [0.25, 0.3) is 0 Å². The van der Waals surface area contributed by atoms with Crippen molar-refractivity contribution >= 4 is 12.1 Å². The van der Waals surface area contributed by atoms with Gasteiger partial charge in [0.15, 0.2) is 0 Å². The number of benzene rings is 1. The monoisotopic (exact) mass is 208 g/mol. The number of ketones is 1. The lowest BCUT2D eigenvalue weighted by Gasteiger charge is -2.16. The fourth-order valence-corrected chi connectivity index (χ4v) is 1.07. The summed E-state index contributed by atoms with van der Waals surface area (Å²) < 4.78 is 0. The van der Waals surface area contributed by atoms with Crippen molar-refractivity contribution in [1.82, 2.24) is 0 Å². The summed E-state index contributed by atoms with van der Waals surface area (Å²) in [7, 11) is 0. The molecule has 0 bridgehead atoms. The maximum atomic E-state index is 10.2. The van der Waals surface area contributed by atoms with Crippen LogP contribution in [0.4, 0.5) is 0 Å². The van der Waals surface area contributed by atoms with Gasteiger partial charge in [-0.2, -0.15) is 0 Å². The minimum absolute atomic E-state index is 0.0880. The summed E-state index contributed by atoms with van der Waals surface area (Å²) in [5, 5.41) is 17.3. The molecule has 1 unspecified atom stereocenters. The van der Waals surface area contributed by atoms with Gasteiger partial charge in [0.2, 0.25) is 0 Å². The van der Waals surface area contributed by atoms with E-state index >= 15 is 0 Å². The molecule has 1 saturated carbocycles. The fraction of sp³-hybridized carbons (Fsp3) is 0.273. The van der Waals surface area contributed by atoms with Crippen LogP contribution in [0.2, 0.25) is 0 Å². The van der Waals surface area contributed by atoms with E-state index < -0.39 is 0 Å². The van der Waals surface area contributed by atoms with Crippen LogP contribution in [0, 0.1) is 5.92 Å². The Morgan fingerprint density at radius 3 is 2.00 bits per heavy atom. The summed E-state index contributed by atoms with van der Waals surface area (Å²) in [5.74, 6) is 0.0463. The summed E-state index contributed by atoms with van der Waals surface area (Å²) in [5.41, 5.74) is 0. The van der Waals surface area contributed by atoms with Gasteiger partial charge in [-0.25, -0.2) is 0 Å². The summed E-state index contributed by atoms with van der Waals surface area (Å²) in [6, 6.07) is 5.85. The number of phenols is 2. The molecule has 0 spiro atoms. The molecule has 1 aromatic carbocycles. The second-order valence-corrected chi connectivity index (χ2v) is 3.27. The molecule has 1 aromatic rings. The SMILES string of the molecule is O=CC1CCC1=O.Oc1cccc(O)c1. The first kappa shape index (κ1) is 11.2. The molecule has 1 aliphatic carbocycles. The number of aldehydes is 1. The van der Waals surface area contributed by atoms with Gasteiger partial charge in [-0.3, -0.25) is 4.79 Å². The van der Waals surface area contributed by atoms with E-state index in [0.717, 1.165) is 12.7 Å². The number of hydrogen-bond acceptors (Lipinski definition) is 4. The van der Waals surface area contributed by atoms with Crippen molar-refractivity contribution in [2.75, 3.05) is 0 Å². The average molecular weight is 208 g/mol. The third-order valence-corrected chi connectivity index (χ3v) is 2.11. The van der Waals surface area contributed by atoms with Crippen LogP contribution in [0.5, 0.6) is 11.5 Å². The van der Waals surface area contributed by atoms with Gasteiger partial charge >= 0.3 is 0 Å². The van der Waals surface area contributed by atoms with Crippen molar-refractivity contribution in [3.8, 4) is 11.5 Å². The predicted molar refractivity (Wildman–Crippen MR) is 53.6 cm³/mol. The van der Waals surface area contributed by atoms with Gasteiger partial charge < -0.3 is 15.0 Å². The van der Waals surface area contributed by atoms with Crippen molar-refractivity contribution in [3.63, 3.8) is 0 Å². The number of aromatic hydroxyl groups is 2. The van der Waals surface area contributed by atoms with Gasteiger partial charge in [0.1, 0.15) is 23.6 Å². The first-order valence-electron chi connectivity index (χ1n) is 4.59. The van der Waals surface area contributed by atoms with E-state index in [0.29, 0.717) is 6.42 Å². The molecule has 4 nitrogen and oxygen atoms in total. The van der Waals surface area contributed by atoms with Gasteiger partial charge in [-0.1, -0.05) is 6.07 Å². The quantitative estimate of drug-likeness (QED) is 0.538. The summed E-state index contributed by atoms with van der Waals surface area (Å²) in [4.78, 5) is 20.0. The molecule has 1 fully saturated rings. The third-order valence-electron chi connectivity index (χ3n) is 2.11. The first-order valence-corrected chi connectivity index (χ1v) is 4.59. The molecule has 2 N–H and O–H groups in total. The normalized spacial score (nSPS) is 18.4. The van der Waals surface area contributed by atoms with Crippen LogP contribution in [-0.4, -0.2) is 22.3 Å². The number of carbonyl (C=O) groups is 2. The zero-order chi connectivity index (χ0) is 11.3. The summed E-state index contributed by atoms with van der Waals surface area (Å²) in [6.07, 6.45) is 2.12. The molecule has 2 rings (SSSR count). The standard InChI is InChI=1S/C6H6O2.C5H6O2/c7-5-2-1-3-6(8)4-5;6-3-4-1-2-5(4)7/h1-4,7-8H;3-4H,1-2H2. The molecule has 0 aromatic heterocycles. The zero-order valence-corrected chi connectivity index (χ0v) is 8.09. The Morgan fingerprint density at radius 2 is 1.87 bits per heavy atom. The van der Waals surface area contributed by atoms with E-state index in [2.05, 4.69) is 0 Å². The Labute approximate surface area is 87.2 Å².